The molecule has 5 nitrogen and oxygen atoms in total. The van der Waals surface area contributed by atoms with Gasteiger partial charge < -0.3 is 9.47 Å². The zero-order valence-electron chi connectivity index (χ0n) is 14.2. The number of hydrogen-bond acceptors (Lipinski definition) is 5. The summed E-state index contributed by atoms with van der Waals surface area (Å²) in [5.74, 6) is -0.00743. The van der Waals surface area contributed by atoms with Gasteiger partial charge in [0.15, 0.2) is 0 Å². The summed E-state index contributed by atoms with van der Waals surface area (Å²) in [6.45, 7) is 9.38. The van der Waals surface area contributed by atoms with Crippen LogP contribution in [0.5, 0.6) is 0 Å². The Balaban J connectivity index is 2.10. The molecule has 0 unspecified atom stereocenters. The first-order chi connectivity index (χ1) is 10.1. The highest BCUT2D eigenvalue weighted by Gasteiger charge is 2.49. The molecule has 1 fully saturated rings. The zero-order chi connectivity index (χ0) is 16.6. The van der Waals surface area contributed by atoms with Crippen LogP contribution in [0, 0.1) is 5.92 Å². The lowest BCUT2D eigenvalue weighted by atomic mass is 9.72. The van der Waals surface area contributed by atoms with Gasteiger partial charge in [0.05, 0.1) is 5.60 Å². The zero-order valence-corrected chi connectivity index (χ0v) is 14.2. The Morgan fingerprint density at radius 2 is 1.91 bits per heavy atom. The first kappa shape index (κ1) is 17.4. The first-order valence-electron chi connectivity index (χ1n) is 8.00. The van der Waals surface area contributed by atoms with Crippen molar-refractivity contribution in [3.05, 3.63) is 12.2 Å². The third kappa shape index (κ3) is 3.53. The summed E-state index contributed by atoms with van der Waals surface area (Å²) >= 11 is 0. The van der Waals surface area contributed by atoms with Crippen LogP contribution >= 0.6 is 0 Å². The Morgan fingerprint density at radius 3 is 2.36 bits per heavy atom. The van der Waals surface area contributed by atoms with Crippen LogP contribution < -0.4 is 0 Å². The predicted molar refractivity (Wildman–Crippen MR) is 82.3 cm³/mol. The second kappa shape index (κ2) is 5.95. The highest BCUT2D eigenvalue weighted by Crippen LogP contribution is 2.45. The van der Waals surface area contributed by atoms with E-state index in [1.807, 2.05) is 26.8 Å². The maximum atomic E-state index is 11.2. The Bertz CT molecular complexity index is 458. The molecule has 0 bridgehead atoms. The normalized spacial score (nSPS) is 41.2. The molecule has 5 heteroatoms. The average Bonchev–Trinajstić information content (AvgIpc) is 2.42. The monoisotopic (exact) mass is 312 g/mol. The van der Waals surface area contributed by atoms with Crippen molar-refractivity contribution in [3.8, 4) is 0 Å². The van der Waals surface area contributed by atoms with E-state index in [1.54, 1.807) is 0 Å². The van der Waals surface area contributed by atoms with Crippen molar-refractivity contribution in [1.82, 2.24) is 0 Å². The van der Waals surface area contributed by atoms with Crippen LogP contribution in [0.2, 0.25) is 0 Å². The molecule has 1 heterocycles. The van der Waals surface area contributed by atoms with Crippen molar-refractivity contribution in [2.24, 2.45) is 5.92 Å². The molecular weight excluding hydrogens is 284 g/mol. The third-order valence-electron chi connectivity index (χ3n) is 5.11. The van der Waals surface area contributed by atoms with Crippen molar-refractivity contribution in [3.63, 3.8) is 0 Å². The van der Waals surface area contributed by atoms with Crippen LogP contribution in [-0.2, 0) is 19.2 Å². The van der Waals surface area contributed by atoms with E-state index in [2.05, 4.69) is 17.9 Å². The SMILES string of the molecule is CC(=O)O[C@H]1CC[C@@](C)([C@@H]2C=C[C@](C)(OO)CC2)OC1(C)C. The van der Waals surface area contributed by atoms with Gasteiger partial charge in [-0.2, -0.15) is 0 Å². The lowest BCUT2D eigenvalue weighted by Gasteiger charge is -2.51. The maximum Gasteiger partial charge on any atom is 0.303 e. The summed E-state index contributed by atoms with van der Waals surface area (Å²) in [5, 5.41) is 8.98. The molecule has 1 N–H and O–H groups in total. The lowest BCUT2D eigenvalue weighted by molar-refractivity contribution is -0.307. The van der Waals surface area contributed by atoms with Gasteiger partial charge in [0.2, 0.25) is 0 Å². The summed E-state index contributed by atoms with van der Waals surface area (Å²) in [5.41, 5.74) is -1.41. The fourth-order valence-corrected chi connectivity index (χ4v) is 3.67. The summed E-state index contributed by atoms with van der Waals surface area (Å²) in [4.78, 5) is 15.8. The number of carbonyl (C=O) groups is 1. The summed E-state index contributed by atoms with van der Waals surface area (Å²) < 4.78 is 11.8. The fraction of sp³-hybridized carbons (Fsp3) is 0.824. The summed E-state index contributed by atoms with van der Waals surface area (Å²) in [6.07, 6.45) is 7.05. The topological polar surface area (TPSA) is 65.0 Å². The van der Waals surface area contributed by atoms with Crippen molar-refractivity contribution in [2.75, 3.05) is 0 Å². The summed E-state index contributed by atoms with van der Waals surface area (Å²) in [7, 11) is 0. The van der Waals surface area contributed by atoms with Gasteiger partial charge in [-0.15, -0.1) is 0 Å². The molecule has 2 rings (SSSR count). The number of hydrogen-bond donors (Lipinski definition) is 1. The highest BCUT2D eigenvalue weighted by molar-refractivity contribution is 5.66. The number of rotatable bonds is 3. The molecule has 4 atom stereocenters. The van der Waals surface area contributed by atoms with Gasteiger partial charge in [-0.05, 0) is 53.4 Å². The van der Waals surface area contributed by atoms with Gasteiger partial charge in [0, 0.05) is 12.8 Å². The van der Waals surface area contributed by atoms with Gasteiger partial charge >= 0.3 is 5.97 Å². The molecule has 1 aliphatic carbocycles. The minimum atomic E-state index is -0.600. The first-order valence-corrected chi connectivity index (χ1v) is 8.00. The standard InChI is InChI=1S/C17H28O5/c1-12(18)20-14-8-11-17(5,21-15(14,2)3)13-6-9-16(4,22-19)10-7-13/h6,9,13-14,19H,7-8,10-11H2,1-5H3/t13-,14+,16+,17+/m1/s1. The molecule has 1 saturated heterocycles. The smallest absolute Gasteiger partial charge is 0.303 e. The Hall–Kier alpha value is -0.910. The van der Waals surface area contributed by atoms with E-state index >= 15 is 0 Å². The van der Waals surface area contributed by atoms with Gasteiger partial charge in [-0.25, -0.2) is 4.89 Å². The molecule has 0 spiro atoms. The third-order valence-corrected chi connectivity index (χ3v) is 5.11. The molecule has 126 valence electrons. The second-order valence-corrected chi connectivity index (χ2v) is 7.56. The second-order valence-electron chi connectivity index (χ2n) is 7.56. The van der Waals surface area contributed by atoms with Gasteiger partial charge in [0.25, 0.3) is 0 Å². The van der Waals surface area contributed by atoms with E-state index < -0.39 is 11.2 Å². The highest BCUT2D eigenvalue weighted by atomic mass is 17.1. The largest absolute Gasteiger partial charge is 0.460 e. The van der Waals surface area contributed by atoms with E-state index in [0.29, 0.717) is 0 Å². The number of esters is 1. The minimum absolute atomic E-state index is 0.211. The predicted octanol–water partition coefficient (Wildman–Crippen LogP) is 3.48. The Morgan fingerprint density at radius 1 is 1.23 bits per heavy atom. The number of carbonyl (C=O) groups excluding carboxylic acids is 1. The number of ether oxygens (including phenoxy) is 2. The molecule has 0 amide bonds. The van der Waals surface area contributed by atoms with E-state index in [4.69, 9.17) is 14.7 Å². The molecule has 0 aromatic rings. The Labute approximate surface area is 132 Å². The van der Waals surface area contributed by atoms with Gasteiger partial charge in [-0.1, -0.05) is 12.2 Å². The van der Waals surface area contributed by atoms with E-state index in [9.17, 15) is 4.79 Å². The average molecular weight is 312 g/mol. The van der Waals surface area contributed by atoms with E-state index in [0.717, 1.165) is 25.7 Å². The molecule has 0 aromatic carbocycles. The van der Waals surface area contributed by atoms with Crippen LogP contribution in [0.15, 0.2) is 12.2 Å². The minimum Gasteiger partial charge on any atom is -0.460 e. The molecule has 22 heavy (non-hydrogen) atoms. The van der Waals surface area contributed by atoms with E-state index in [1.165, 1.54) is 6.92 Å². The molecule has 2 aliphatic rings. The van der Waals surface area contributed by atoms with Crippen molar-refractivity contribution in [1.29, 1.82) is 0 Å². The molecule has 0 saturated carbocycles. The fourth-order valence-electron chi connectivity index (χ4n) is 3.67. The molecular formula is C17H28O5. The lowest BCUT2D eigenvalue weighted by Crippen LogP contribution is -2.56. The van der Waals surface area contributed by atoms with Crippen molar-refractivity contribution in [2.45, 2.75) is 83.2 Å². The van der Waals surface area contributed by atoms with Crippen LogP contribution in [-0.4, -0.2) is 34.1 Å². The summed E-state index contributed by atoms with van der Waals surface area (Å²) in [6, 6.07) is 0. The van der Waals surface area contributed by atoms with Crippen LogP contribution in [0.1, 0.15) is 60.3 Å². The van der Waals surface area contributed by atoms with Crippen LogP contribution in [0.3, 0.4) is 0 Å². The Kier molecular flexibility index (Phi) is 4.71. The van der Waals surface area contributed by atoms with Crippen molar-refractivity contribution < 1.29 is 24.4 Å². The maximum absolute atomic E-state index is 11.2. The van der Waals surface area contributed by atoms with E-state index in [-0.39, 0.29) is 23.6 Å². The molecule has 0 aromatic heterocycles. The van der Waals surface area contributed by atoms with Crippen LogP contribution in [0.25, 0.3) is 0 Å². The quantitative estimate of drug-likeness (QED) is 0.374. The molecule has 1 aliphatic heterocycles. The van der Waals surface area contributed by atoms with Gasteiger partial charge in [0.1, 0.15) is 17.3 Å². The van der Waals surface area contributed by atoms with Gasteiger partial charge in [-0.3, -0.25) is 10.1 Å². The van der Waals surface area contributed by atoms with Crippen molar-refractivity contribution >= 4 is 5.97 Å². The molecule has 0 radical (unpaired) electrons. The van der Waals surface area contributed by atoms with Crippen LogP contribution in [0.4, 0.5) is 0 Å².